The molecule has 0 aromatic heterocycles. The van der Waals surface area contributed by atoms with E-state index in [0.29, 0.717) is 16.0 Å². The molecular formula is C18H14ClF6NO. The fourth-order valence-corrected chi connectivity index (χ4v) is 2.44. The zero-order valence-electron chi connectivity index (χ0n) is 13.7. The van der Waals surface area contributed by atoms with E-state index in [4.69, 9.17) is 0 Å². The second-order valence-corrected chi connectivity index (χ2v) is 6.25. The van der Waals surface area contributed by atoms with Gasteiger partial charge in [-0.15, -0.1) is 0 Å². The topological polar surface area (TPSA) is 20.3 Å². The Morgan fingerprint density at radius 3 is 1.48 bits per heavy atom. The first-order valence-electron chi connectivity index (χ1n) is 7.66. The smallest absolute Gasteiger partial charge is 0.329 e. The second kappa shape index (κ2) is 7.80. The van der Waals surface area contributed by atoms with Gasteiger partial charge in [0.15, 0.2) is 0 Å². The van der Waals surface area contributed by atoms with Gasteiger partial charge < -0.3 is 4.90 Å². The Morgan fingerprint density at radius 1 is 0.778 bits per heavy atom. The van der Waals surface area contributed by atoms with Crippen LogP contribution in [0.1, 0.15) is 11.1 Å². The van der Waals surface area contributed by atoms with Gasteiger partial charge in [-0.05, 0) is 22.7 Å². The van der Waals surface area contributed by atoms with Crippen molar-refractivity contribution < 1.29 is 31.1 Å². The van der Waals surface area contributed by atoms with Gasteiger partial charge in [0.05, 0.1) is 0 Å². The third-order valence-corrected chi connectivity index (χ3v) is 3.98. The average molecular weight is 410 g/mol. The van der Waals surface area contributed by atoms with E-state index in [-0.39, 0.29) is 0 Å². The van der Waals surface area contributed by atoms with Crippen molar-refractivity contribution in [2.24, 2.45) is 0 Å². The van der Waals surface area contributed by atoms with Crippen LogP contribution in [0.25, 0.3) is 0 Å². The van der Waals surface area contributed by atoms with Gasteiger partial charge >= 0.3 is 23.1 Å². The van der Waals surface area contributed by atoms with Crippen molar-refractivity contribution in [2.45, 2.75) is 30.3 Å². The maximum atomic E-state index is 14.0. The molecule has 0 radical (unpaired) electrons. The number of benzene rings is 2. The van der Waals surface area contributed by atoms with Crippen LogP contribution in [0.15, 0.2) is 60.7 Å². The van der Waals surface area contributed by atoms with E-state index in [0.717, 1.165) is 0 Å². The maximum absolute atomic E-state index is 14.0. The highest BCUT2D eigenvalue weighted by molar-refractivity contribution is 6.22. The summed E-state index contributed by atoms with van der Waals surface area (Å²) >= 11 is 4.14. The summed E-state index contributed by atoms with van der Waals surface area (Å²) in [6.45, 7) is -0.956. The van der Waals surface area contributed by atoms with E-state index in [1.807, 2.05) is 0 Å². The number of nitrogens with zero attached hydrogens (tertiary/aromatic N) is 1. The molecule has 0 bridgehead atoms. The Hall–Kier alpha value is -2.22. The molecule has 9 heteroatoms. The predicted octanol–water partition coefficient (Wildman–Crippen LogP) is 5.32. The molecule has 0 saturated carbocycles. The van der Waals surface area contributed by atoms with Gasteiger partial charge in [-0.2, -0.15) is 26.3 Å². The molecule has 0 atom stereocenters. The molecule has 2 nitrogen and oxygen atoms in total. The molecule has 0 heterocycles. The van der Waals surface area contributed by atoms with Gasteiger partial charge in [-0.25, -0.2) is 0 Å². The first-order valence-corrected chi connectivity index (χ1v) is 8.04. The third kappa shape index (κ3) is 4.55. The van der Waals surface area contributed by atoms with Crippen molar-refractivity contribution in [3.8, 4) is 0 Å². The van der Waals surface area contributed by atoms with Crippen LogP contribution in [0.2, 0.25) is 0 Å². The summed E-state index contributed by atoms with van der Waals surface area (Å²) in [5, 5.41) is -5.60. The number of halogens is 7. The van der Waals surface area contributed by atoms with Crippen LogP contribution in [0.3, 0.4) is 0 Å². The van der Waals surface area contributed by atoms with E-state index < -0.39 is 36.2 Å². The molecule has 1 amide bonds. The predicted molar refractivity (Wildman–Crippen MR) is 87.8 cm³/mol. The van der Waals surface area contributed by atoms with Crippen molar-refractivity contribution in [3.63, 3.8) is 0 Å². The summed E-state index contributed by atoms with van der Waals surface area (Å²) in [4.78, 5) is 12.6. The Labute approximate surface area is 156 Å². The quantitative estimate of drug-likeness (QED) is 0.448. The molecule has 0 fully saturated rings. The zero-order valence-corrected chi connectivity index (χ0v) is 14.4. The largest absolute Gasteiger partial charge is 0.395 e. The first kappa shape index (κ1) is 21.1. The van der Waals surface area contributed by atoms with E-state index in [1.54, 1.807) is 36.4 Å². The van der Waals surface area contributed by atoms with Crippen molar-refractivity contribution >= 4 is 17.5 Å². The van der Waals surface area contributed by atoms with Crippen LogP contribution in [0.5, 0.6) is 0 Å². The standard InChI is InChI=1S/C18H14ClF6NO/c19-18(24,25)17(22,23)16(20,21)15(27)26(11-13-7-3-1-4-8-13)12-14-9-5-2-6-10-14/h1-10H,11-12H2. The lowest BCUT2D eigenvalue weighted by molar-refractivity contribution is -0.273. The molecule has 0 N–H and O–H groups in total. The third-order valence-electron chi connectivity index (χ3n) is 3.74. The molecular weight excluding hydrogens is 396 g/mol. The van der Waals surface area contributed by atoms with Gasteiger partial charge in [0.1, 0.15) is 0 Å². The van der Waals surface area contributed by atoms with Gasteiger partial charge in [0, 0.05) is 13.1 Å². The van der Waals surface area contributed by atoms with Crippen LogP contribution in [0, 0.1) is 0 Å². The summed E-state index contributed by atoms with van der Waals surface area (Å²) in [5.41, 5.74) is 0.720. The molecule has 2 aromatic rings. The minimum absolute atomic E-state index is 0.360. The van der Waals surface area contributed by atoms with Crippen molar-refractivity contribution in [3.05, 3.63) is 71.8 Å². The lowest BCUT2D eigenvalue weighted by atomic mass is 10.1. The normalized spacial score (nSPS) is 12.7. The highest BCUT2D eigenvalue weighted by Gasteiger charge is 2.75. The van der Waals surface area contributed by atoms with Crippen LogP contribution in [0.4, 0.5) is 26.3 Å². The van der Waals surface area contributed by atoms with Gasteiger partial charge in [-0.3, -0.25) is 4.79 Å². The summed E-state index contributed by atoms with van der Waals surface area (Å²) in [6, 6.07) is 15.4. The van der Waals surface area contributed by atoms with E-state index >= 15 is 0 Å². The minimum Gasteiger partial charge on any atom is -0.329 e. The molecule has 0 unspecified atom stereocenters. The second-order valence-electron chi connectivity index (χ2n) is 5.78. The number of carbonyl (C=O) groups excluding carboxylic acids is 1. The Bertz CT molecular complexity index is 723. The Kier molecular flexibility index (Phi) is 6.09. The molecule has 0 aliphatic heterocycles. The fourth-order valence-electron chi connectivity index (χ4n) is 2.32. The molecule has 0 spiro atoms. The van der Waals surface area contributed by atoms with Gasteiger partial charge in [-0.1, -0.05) is 60.7 Å². The molecule has 2 aromatic carbocycles. The van der Waals surface area contributed by atoms with E-state index in [2.05, 4.69) is 11.6 Å². The van der Waals surface area contributed by atoms with Crippen LogP contribution in [-0.4, -0.2) is 28.0 Å². The number of hydrogen-bond donors (Lipinski definition) is 0. The molecule has 0 saturated heterocycles. The van der Waals surface area contributed by atoms with Crippen LogP contribution >= 0.6 is 11.6 Å². The fraction of sp³-hybridized carbons (Fsp3) is 0.278. The van der Waals surface area contributed by atoms with E-state index in [1.165, 1.54) is 24.3 Å². The maximum Gasteiger partial charge on any atom is 0.395 e. The van der Waals surface area contributed by atoms with E-state index in [9.17, 15) is 31.1 Å². The van der Waals surface area contributed by atoms with Gasteiger partial charge in [0.25, 0.3) is 0 Å². The zero-order chi connectivity index (χ0) is 20.3. The van der Waals surface area contributed by atoms with Crippen LogP contribution < -0.4 is 0 Å². The number of rotatable bonds is 7. The van der Waals surface area contributed by atoms with Crippen LogP contribution in [-0.2, 0) is 17.9 Å². The van der Waals surface area contributed by atoms with Crippen molar-refractivity contribution in [2.75, 3.05) is 0 Å². The summed E-state index contributed by atoms with van der Waals surface area (Å²) in [6.07, 6.45) is 0. The number of alkyl halides is 7. The van der Waals surface area contributed by atoms with Crippen molar-refractivity contribution in [1.29, 1.82) is 0 Å². The highest BCUT2D eigenvalue weighted by Crippen LogP contribution is 2.48. The monoisotopic (exact) mass is 409 g/mol. The minimum atomic E-state index is -6.07. The summed E-state index contributed by atoms with van der Waals surface area (Å²) < 4.78 is 80.8. The SMILES string of the molecule is O=C(N(Cc1ccccc1)Cc1ccccc1)C(F)(F)C(F)(F)C(F)(F)Cl. The summed E-state index contributed by atoms with van der Waals surface area (Å²) in [5.74, 6) is -14.2. The lowest BCUT2D eigenvalue weighted by Crippen LogP contribution is -2.59. The molecule has 0 aliphatic carbocycles. The number of carbonyl (C=O) groups is 1. The number of hydrogen-bond acceptors (Lipinski definition) is 1. The number of amides is 1. The lowest BCUT2D eigenvalue weighted by Gasteiger charge is -2.33. The highest BCUT2D eigenvalue weighted by atomic mass is 35.5. The molecule has 146 valence electrons. The summed E-state index contributed by atoms with van der Waals surface area (Å²) in [7, 11) is 0. The van der Waals surface area contributed by atoms with Crippen molar-refractivity contribution in [1.82, 2.24) is 4.90 Å². The van der Waals surface area contributed by atoms with Gasteiger partial charge in [0.2, 0.25) is 0 Å². The molecule has 27 heavy (non-hydrogen) atoms. The Morgan fingerprint density at radius 2 is 1.15 bits per heavy atom. The Balaban J connectivity index is 2.37. The first-order chi connectivity index (χ1) is 12.5. The molecule has 2 rings (SSSR count). The molecule has 0 aliphatic rings. The average Bonchev–Trinajstić information content (AvgIpc) is 2.61.